The van der Waals surface area contributed by atoms with Crippen LogP contribution in [0.25, 0.3) is 0 Å². The predicted octanol–water partition coefficient (Wildman–Crippen LogP) is 1.56. The van der Waals surface area contributed by atoms with Gasteiger partial charge in [0.05, 0.1) is 6.10 Å². The van der Waals surface area contributed by atoms with Crippen molar-refractivity contribution in [2.24, 2.45) is 5.92 Å². The fraction of sp³-hybridized carbons (Fsp3) is 0.929. The van der Waals surface area contributed by atoms with Gasteiger partial charge in [0.15, 0.2) is 0 Å². The minimum atomic E-state index is -0.355. The highest BCUT2D eigenvalue weighted by molar-refractivity contribution is 5.77. The molecule has 2 rings (SSSR count). The molecule has 1 unspecified atom stereocenters. The van der Waals surface area contributed by atoms with Gasteiger partial charge in [-0.3, -0.25) is 4.79 Å². The zero-order valence-electron chi connectivity index (χ0n) is 11.5. The van der Waals surface area contributed by atoms with Crippen molar-refractivity contribution in [1.29, 1.82) is 0 Å². The smallest absolute Gasteiger partial charge is 0.223 e. The molecule has 2 aliphatic heterocycles. The molecule has 2 fully saturated rings. The highest BCUT2D eigenvalue weighted by Gasteiger charge is 2.40. The van der Waals surface area contributed by atoms with Gasteiger partial charge in [-0.05, 0) is 45.4 Å². The molecule has 1 amide bonds. The Morgan fingerprint density at radius 1 is 1.39 bits per heavy atom. The third-order valence-corrected chi connectivity index (χ3v) is 4.27. The molecular weight excluding hydrogens is 230 g/mol. The van der Waals surface area contributed by atoms with Crippen LogP contribution < -0.4 is 0 Å². The number of carbonyl (C=O) groups is 1. The number of aliphatic hydroxyl groups excluding tert-OH is 1. The molecule has 0 spiro atoms. The molecule has 18 heavy (non-hydrogen) atoms. The van der Waals surface area contributed by atoms with Gasteiger partial charge in [-0.1, -0.05) is 0 Å². The van der Waals surface area contributed by atoms with Crippen LogP contribution in [-0.2, 0) is 9.53 Å². The number of hydrogen-bond acceptors (Lipinski definition) is 3. The minimum absolute atomic E-state index is 0.188. The zero-order valence-corrected chi connectivity index (χ0v) is 11.5. The Bertz CT molecular complexity index is 297. The monoisotopic (exact) mass is 255 g/mol. The number of rotatable bonds is 3. The second kappa shape index (κ2) is 5.57. The zero-order chi connectivity index (χ0) is 13.2. The average Bonchev–Trinajstić information content (AvgIpc) is 2.61. The van der Waals surface area contributed by atoms with Crippen molar-refractivity contribution in [2.45, 2.75) is 57.6 Å². The van der Waals surface area contributed by atoms with Crippen LogP contribution >= 0.6 is 0 Å². The molecule has 0 aromatic carbocycles. The van der Waals surface area contributed by atoms with Crippen LogP contribution in [0.4, 0.5) is 0 Å². The first-order valence-electron chi connectivity index (χ1n) is 7.05. The van der Waals surface area contributed by atoms with E-state index in [4.69, 9.17) is 4.74 Å². The van der Waals surface area contributed by atoms with Gasteiger partial charge in [0.1, 0.15) is 0 Å². The molecule has 2 aliphatic rings. The van der Waals surface area contributed by atoms with E-state index in [9.17, 15) is 9.90 Å². The number of hydrogen-bond donors (Lipinski definition) is 1. The van der Waals surface area contributed by atoms with Gasteiger partial charge in [0.25, 0.3) is 0 Å². The number of nitrogens with zero attached hydrogens (tertiary/aromatic N) is 1. The van der Waals surface area contributed by atoms with Gasteiger partial charge in [-0.15, -0.1) is 0 Å². The maximum Gasteiger partial charge on any atom is 0.223 e. The first-order valence-corrected chi connectivity index (χ1v) is 7.05. The van der Waals surface area contributed by atoms with Crippen molar-refractivity contribution in [3.05, 3.63) is 0 Å². The lowest BCUT2D eigenvalue weighted by molar-refractivity contribution is -0.135. The molecule has 2 saturated heterocycles. The normalized spacial score (nSPS) is 28.6. The molecule has 0 bridgehead atoms. The fourth-order valence-corrected chi connectivity index (χ4v) is 3.15. The molecule has 1 atom stereocenters. The molecule has 104 valence electrons. The number of aliphatic hydroxyl groups is 1. The maximum atomic E-state index is 12.2. The van der Waals surface area contributed by atoms with Crippen molar-refractivity contribution >= 4 is 5.91 Å². The number of likely N-dealkylation sites (tertiary alicyclic amines) is 1. The first-order chi connectivity index (χ1) is 8.49. The lowest BCUT2D eigenvalue weighted by atomic mass is 9.94. The summed E-state index contributed by atoms with van der Waals surface area (Å²) in [6.45, 7) is 6.25. The molecule has 2 heterocycles. The van der Waals surface area contributed by atoms with Crippen LogP contribution in [0.1, 0.15) is 46.0 Å². The van der Waals surface area contributed by atoms with E-state index in [2.05, 4.69) is 0 Å². The Hall–Kier alpha value is -0.610. The third kappa shape index (κ3) is 3.23. The summed E-state index contributed by atoms with van der Waals surface area (Å²) >= 11 is 0. The van der Waals surface area contributed by atoms with Gasteiger partial charge >= 0.3 is 0 Å². The lowest BCUT2D eigenvalue weighted by Crippen LogP contribution is -2.42. The highest BCUT2D eigenvalue weighted by atomic mass is 16.5. The summed E-state index contributed by atoms with van der Waals surface area (Å²) in [5.74, 6) is 0.835. The molecular formula is C14H25NO3. The van der Waals surface area contributed by atoms with Crippen LogP contribution in [-0.4, -0.2) is 47.3 Å². The van der Waals surface area contributed by atoms with E-state index >= 15 is 0 Å². The molecule has 0 aromatic rings. The first kappa shape index (κ1) is 13.8. The molecule has 0 saturated carbocycles. The number of ether oxygens (including phenoxy) is 1. The van der Waals surface area contributed by atoms with E-state index in [0.29, 0.717) is 25.3 Å². The van der Waals surface area contributed by atoms with Crippen LogP contribution in [0.5, 0.6) is 0 Å². The minimum Gasteiger partial charge on any atom is -0.391 e. The third-order valence-electron chi connectivity index (χ3n) is 4.27. The fourth-order valence-electron chi connectivity index (χ4n) is 3.15. The summed E-state index contributed by atoms with van der Waals surface area (Å²) in [7, 11) is 0. The van der Waals surface area contributed by atoms with E-state index in [0.717, 1.165) is 32.5 Å². The average molecular weight is 255 g/mol. The molecule has 0 aromatic heterocycles. The standard InChI is InChI=1S/C14H25NO3/c1-14(2)9-12(16)10-15(14)13(17)4-3-11-5-7-18-8-6-11/h11-12,16H,3-10H2,1-2H3. The summed E-state index contributed by atoms with van der Waals surface area (Å²) in [6, 6.07) is 0. The summed E-state index contributed by atoms with van der Waals surface area (Å²) in [5, 5.41) is 9.69. The second-order valence-electron chi connectivity index (χ2n) is 6.27. The molecule has 0 radical (unpaired) electrons. The van der Waals surface area contributed by atoms with Gasteiger partial charge in [0, 0.05) is 31.7 Å². The lowest BCUT2D eigenvalue weighted by Gasteiger charge is -2.32. The summed E-state index contributed by atoms with van der Waals surface area (Å²) in [6.07, 6.45) is 4.08. The van der Waals surface area contributed by atoms with Crippen molar-refractivity contribution in [3.63, 3.8) is 0 Å². The van der Waals surface area contributed by atoms with Crippen LogP contribution in [0.15, 0.2) is 0 Å². The summed E-state index contributed by atoms with van der Waals surface area (Å²) in [4.78, 5) is 14.1. The Labute approximate surface area is 109 Å². The van der Waals surface area contributed by atoms with Crippen molar-refractivity contribution in [3.8, 4) is 0 Å². The van der Waals surface area contributed by atoms with E-state index in [1.165, 1.54) is 0 Å². The topological polar surface area (TPSA) is 49.8 Å². The van der Waals surface area contributed by atoms with E-state index in [1.807, 2.05) is 18.7 Å². The quantitative estimate of drug-likeness (QED) is 0.832. The van der Waals surface area contributed by atoms with Crippen molar-refractivity contribution in [1.82, 2.24) is 4.90 Å². The molecule has 1 N–H and O–H groups in total. The highest BCUT2D eigenvalue weighted by Crippen LogP contribution is 2.30. The van der Waals surface area contributed by atoms with Crippen LogP contribution in [0, 0.1) is 5.92 Å². The van der Waals surface area contributed by atoms with Crippen LogP contribution in [0.2, 0.25) is 0 Å². The van der Waals surface area contributed by atoms with Crippen molar-refractivity contribution in [2.75, 3.05) is 19.8 Å². The van der Waals surface area contributed by atoms with Crippen LogP contribution in [0.3, 0.4) is 0 Å². The second-order valence-corrected chi connectivity index (χ2v) is 6.27. The van der Waals surface area contributed by atoms with Gasteiger partial charge in [-0.2, -0.15) is 0 Å². The summed E-state index contributed by atoms with van der Waals surface area (Å²) in [5.41, 5.74) is -0.188. The Balaban J connectivity index is 1.80. The maximum absolute atomic E-state index is 12.2. The van der Waals surface area contributed by atoms with E-state index < -0.39 is 0 Å². The molecule has 0 aliphatic carbocycles. The van der Waals surface area contributed by atoms with Gasteiger partial charge < -0.3 is 14.7 Å². The largest absolute Gasteiger partial charge is 0.391 e. The number of carbonyl (C=O) groups excluding carboxylic acids is 1. The Kier molecular flexibility index (Phi) is 4.28. The molecule has 4 nitrogen and oxygen atoms in total. The molecule has 4 heteroatoms. The summed E-state index contributed by atoms with van der Waals surface area (Å²) < 4.78 is 5.33. The van der Waals surface area contributed by atoms with Crippen molar-refractivity contribution < 1.29 is 14.6 Å². The Morgan fingerprint density at radius 3 is 2.61 bits per heavy atom. The van der Waals surface area contributed by atoms with E-state index in [1.54, 1.807) is 0 Å². The predicted molar refractivity (Wildman–Crippen MR) is 69.2 cm³/mol. The van der Waals surface area contributed by atoms with E-state index in [-0.39, 0.29) is 17.6 Å². The van der Waals surface area contributed by atoms with Gasteiger partial charge in [-0.25, -0.2) is 0 Å². The SMILES string of the molecule is CC1(C)CC(O)CN1C(=O)CCC1CCOCC1. The number of β-amino-alcohol motifs (C(OH)–C–C–N with tert-alkyl or cyclic N) is 1. The number of amides is 1. The Morgan fingerprint density at radius 2 is 2.06 bits per heavy atom. The van der Waals surface area contributed by atoms with Gasteiger partial charge in [0.2, 0.25) is 5.91 Å².